The van der Waals surface area contributed by atoms with Gasteiger partial charge in [-0.25, -0.2) is 0 Å². The maximum Gasteiger partial charge on any atom is 0.0445 e. The van der Waals surface area contributed by atoms with Crippen LogP contribution in [0.2, 0.25) is 0 Å². The smallest absolute Gasteiger partial charge is 0.0445 e. The van der Waals surface area contributed by atoms with Crippen molar-refractivity contribution in [1.82, 2.24) is 0 Å². The van der Waals surface area contributed by atoms with Gasteiger partial charge >= 0.3 is 0 Å². The van der Waals surface area contributed by atoms with Crippen molar-refractivity contribution >= 4 is 172 Å². The molecule has 0 saturated carbocycles. The molecule has 60 heavy (non-hydrogen) atoms. The van der Waals surface area contributed by atoms with Gasteiger partial charge < -0.3 is 0 Å². The Labute approximate surface area is 366 Å². The Hall–Kier alpha value is -4.32. The first kappa shape index (κ1) is 36.3. The minimum Gasteiger partial charge on any atom is -0.140 e. The molecule has 0 fully saturated rings. The van der Waals surface area contributed by atoms with Gasteiger partial charge in [-0.05, 0) is 119 Å². The van der Waals surface area contributed by atoms with Gasteiger partial charge in [0.2, 0.25) is 0 Å². The second-order valence-corrected chi connectivity index (χ2v) is 22.4. The second-order valence-electron chi connectivity index (χ2n) is 17.8. The third-order valence-electron chi connectivity index (χ3n) is 14.2. The lowest BCUT2D eigenvalue weighted by atomic mass is 9.77. The highest BCUT2D eigenvalue weighted by Gasteiger charge is 2.32. The van der Waals surface area contributed by atoms with Crippen LogP contribution in [0.5, 0.6) is 0 Å². The summed E-state index contributed by atoms with van der Waals surface area (Å²) < 4.78 is 6.06. The summed E-state index contributed by atoms with van der Waals surface area (Å²) in [5.41, 5.74) is 0. The van der Waals surface area contributed by atoms with Crippen LogP contribution < -0.4 is 0 Å². The zero-order chi connectivity index (χ0) is 40.0. The molecule has 4 aromatic heterocycles. The minimum atomic E-state index is 1.15. The van der Waals surface area contributed by atoms with Crippen LogP contribution in [0.1, 0.15) is 98.6 Å². The Morgan fingerprint density at radius 1 is 0.283 bits per heavy atom. The monoisotopic (exact) mass is 848 g/mol. The quantitative estimate of drug-likeness (QED) is 0.0849. The summed E-state index contributed by atoms with van der Waals surface area (Å²) in [5, 5.41) is 29.9. The van der Waals surface area contributed by atoms with Crippen molar-refractivity contribution in [1.29, 1.82) is 0 Å². The van der Waals surface area contributed by atoms with Crippen molar-refractivity contribution in [3.63, 3.8) is 0 Å². The molecule has 0 spiro atoms. The average Bonchev–Trinajstić information content (AvgIpc) is 4.09. The molecule has 0 saturated heterocycles. The van der Waals surface area contributed by atoms with Gasteiger partial charge in [0.1, 0.15) is 0 Å². The number of hydrogen-bond acceptors (Lipinski definition) is 4. The summed E-state index contributed by atoms with van der Waals surface area (Å²) in [7, 11) is 0. The Bertz CT molecular complexity index is 3330. The molecule has 0 unspecified atom stereocenters. The highest BCUT2D eigenvalue weighted by Crippen LogP contribution is 2.62. The van der Waals surface area contributed by atoms with Crippen molar-refractivity contribution in [2.45, 2.75) is 105 Å². The molecular formula is C56H48S4. The van der Waals surface area contributed by atoms with E-state index in [-0.39, 0.29) is 0 Å². The first-order valence-electron chi connectivity index (χ1n) is 22.8. The molecule has 0 bridgehead atoms. The molecule has 4 heteroatoms. The van der Waals surface area contributed by atoms with Crippen molar-refractivity contribution in [2.75, 3.05) is 0 Å². The van der Waals surface area contributed by atoms with Crippen molar-refractivity contribution < 1.29 is 0 Å². The van der Waals surface area contributed by atoms with E-state index < -0.39 is 0 Å². The average molecular weight is 849 g/mol. The van der Waals surface area contributed by atoms with Gasteiger partial charge in [0.25, 0.3) is 0 Å². The molecule has 0 N–H and O–H groups in total. The first-order valence-corrected chi connectivity index (χ1v) is 26.1. The van der Waals surface area contributed by atoms with Gasteiger partial charge in [-0.1, -0.05) is 102 Å². The first-order chi connectivity index (χ1) is 29.6. The fourth-order valence-corrected chi connectivity index (χ4v) is 16.7. The Morgan fingerprint density at radius 2 is 0.517 bits per heavy atom. The van der Waals surface area contributed by atoms with Gasteiger partial charge in [-0.2, -0.15) is 0 Å². The summed E-state index contributed by atoms with van der Waals surface area (Å²) in [6, 6.07) is 29.7. The predicted octanol–water partition coefficient (Wildman–Crippen LogP) is 19.5. The highest BCUT2D eigenvalue weighted by atomic mass is 32.1. The highest BCUT2D eigenvalue weighted by molar-refractivity contribution is 7.24. The van der Waals surface area contributed by atoms with E-state index >= 15 is 0 Å². The molecule has 0 aliphatic rings. The zero-order valence-electron chi connectivity index (χ0n) is 35.0. The van der Waals surface area contributed by atoms with Crippen LogP contribution in [0.15, 0.2) is 72.8 Å². The lowest BCUT2D eigenvalue weighted by Gasteiger charge is -2.26. The Kier molecular flexibility index (Phi) is 8.23. The lowest BCUT2D eigenvalue weighted by molar-refractivity contribution is 0.804. The Morgan fingerprint density at radius 3 is 0.750 bits per heavy atom. The minimum absolute atomic E-state index is 1.15. The molecule has 9 aromatic carbocycles. The van der Waals surface area contributed by atoms with E-state index in [9.17, 15) is 0 Å². The number of benzene rings is 9. The molecule has 13 rings (SSSR count). The summed E-state index contributed by atoms with van der Waals surface area (Å²) in [4.78, 5) is 6.17. The van der Waals surface area contributed by atoms with Crippen LogP contribution in [0.3, 0.4) is 0 Å². The maximum absolute atomic E-state index is 2.64. The summed E-state index contributed by atoms with van der Waals surface area (Å²) in [6.07, 6.45) is 14.4. The summed E-state index contributed by atoms with van der Waals surface area (Å²) in [6.45, 7) is 9.36. The molecule has 13 aromatic rings. The standard InChI is InChI=1S/C56H48S4/c1-5-9-17-29-25-37-41-33-21-13-14-22-34(33)42-39-27-31(19-11-7-3)59-55(39)52-50-46(42)45(41)49-47-43(38-26-30(18-10-6-2)58-54(38)51(49)53(37)57-29)35-23-15-16-24-36(35)44(48(47)50)40-28-32(20-12-8-4)60-56(40)52/h13-16,21-28H,5-12,17-20H2,1-4H3. The van der Waals surface area contributed by atoms with Crippen LogP contribution in [0, 0.1) is 0 Å². The van der Waals surface area contributed by atoms with E-state index in [1.54, 1.807) is 19.5 Å². The van der Waals surface area contributed by atoms with E-state index in [1.165, 1.54) is 178 Å². The van der Waals surface area contributed by atoms with Gasteiger partial charge in [0.05, 0.1) is 0 Å². The van der Waals surface area contributed by atoms with Crippen molar-refractivity contribution in [3.05, 3.63) is 92.3 Å². The van der Waals surface area contributed by atoms with Crippen LogP contribution in [0.4, 0.5) is 0 Å². The molecular weight excluding hydrogens is 801 g/mol. The number of rotatable bonds is 12. The molecule has 296 valence electrons. The predicted molar refractivity (Wildman–Crippen MR) is 276 cm³/mol. The third kappa shape index (κ3) is 4.72. The van der Waals surface area contributed by atoms with Gasteiger partial charge in [-0.15, -0.1) is 45.3 Å². The Balaban J connectivity index is 1.42. The van der Waals surface area contributed by atoms with E-state index in [4.69, 9.17) is 0 Å². The van der Waals surface area contributed by atoms with Gasteiger partial charge in [-0.3, -0.25) is 0 Å². The second kappa shape index (κ2) is 13.6. The number of fused-ring (bicyclic) bond motifs is 18. The largest absolute Gasteiger partial charge is 0.140 e. The van der Waals surface area contributed by atoms with E-state index in [0.29, 0.717) is 0 Å². The molecule has 0 nitrogen and oxygen atoms in total. The molecule has 0 aliphatic heterocycles. The third-order valence-corrected chi connectivity index (χ3v) is 19.0. The summed E-state index contributed by atoms with van der Waals surface area (Å²) >= 11 is 8.44. The van der Waals surface area contributed by atoms with Crippen LogP contribution in [-0.4, -0.2) is 0 Å². The normalized spacial score (nSPS) is 13.1. The van der Waals surface area contributed by atoms with Crippen LogP contribution >= 0.6 is 45.3 Å². The number of thiophene rings is 4. The maximum atomic E-state index is 2.64. The van der Waals surface area contributed by atoms with E-state index in [1.807, 2.05) is 0 Å². The number of hydrogen-bond donors (Lipinski definition) is 0. The SMILES string of the molecule is CCCCc1cc2c(s1)c1c3sc(CCCC)cc3c3c4ccccc4c4c5cc(CCCC)sc5c5c6sc(CCCC)cc6c6c7ccccc7c2c2c6c5c4c3c12. The zero-order valence-corrected chi connectivity index (χ0v) is 38.3. The topological polar surface area (TPSA) is 0 Å². The fraction of sp³-hybridized carbons (Fsp3) is 0.286. The number of aryl methyl sites for hydroxylation is 4. The van der Waals surface area contributed by atoms with Gasteiger partial charge in [0, 0.05) is 103 Å². The van der Waals surface area contributed by atoms with Gasteiger partial charge in [0.15, 0.2) is 0 Å². The molecule has 0 amide bonds. The lowest BCUT2D eigenvalue weighted by Crippen LogP contribution is -1.96. The van der Waals surface area contributed by atoms with E-state index in [2.05, 4.69) is 146 Å². The van der Waals surface area contributed by atoms with Crippen molar-refractivity contribution in [2.24, 2.45) is 0 Å². The number of unbranched alkanes of at least 4 members (excludes halogenated alkanes) is 4. The fourth-order valence-electron chi connectivity index (χ4n) is 11.6. The molecule has 0 atom stereocenters. The van der Waals surface area contributed by atoms with E-state index in [0.717, 1.165) is 25.7 Å². The van der Waals surface area contributed by atoms with Crippen LogP contribution in [0.25, 0.3) is 127 Å². The van der Waals surface area contributed by atoms with Crippen LogP contribution in [-0.2, 0) is 25.7 Å². The van der Waals surface area contributed by atoms with Crippen molar-refractivity contribution in [3.8, 4) is 0 Å². The molecule has 0 radical (unpaired) electrons. The summed E-state index contributed by atoms with van der Waals surface area (Å²) in [5.74, 6) is 0. The molecule has 4 heterocycles. The molecule has 0 aliphatic carbocycles.